The minimum Gasteiger partial charge on any atom is -0.478 e. The molecule has 1 spiro atoms. The Morgan fingerprint density at radius 2 is 1.77 bits per heavy atom. The molecule has 12 heteroatoms. The number of ether oxygens (including phenoxy) is 4. The summed E-state index contributed by atoms with van der Waals surface area (Å²) in [5.74, 6) is 1.61. The first-order chi connectivity index (χ1) is 29.4. The third kappa shape index (κ3) is 9.41. The van der Waals surface area contributed by atoms with E-state index < -0.39 is 59.9 Å². The predicted molar refractivity (Wildman–Crippen MR) is 226 cm³/mol. The van der Waals surface area contributed by atoms with Crippen LogP contribution in [0.2, 0.25) is 0 Å². The molecule has 2 bridgehead atoms. The molecule has 3 saturated carbocycles. The summed E-state index contributed by atoms with van der Waals surface area (Å²) in [4.78, 5) is 11.6. The van der Waals surface area contributed by atoms with Gasteiger partial charge in [-0.15, -0.1) is 6.58 Å². The van der Waals surface area contributed by atoms with Crippen molar-refractivity contribution >= 4 is 5.97 Å². The van der Waals surface area contributed by atoms with Crippen LogP contribution in [0.4, 0.5) is 0 Å². The van der Waals surface area contributed by atoms with Crippen LogP contribution in [0, 0.1) is 41.1 Å². The fourth-order valence-corrected chi connectivity index (χ4v) is 12.2. The van der Waals surface area contributed by atoms with Gasteiger partial charge in [0.2, 0.25) is 6.29 Å². The van der Waals surface area contributed by atoms with Crippen molar-refractivity contribution in [3.05, 3.63) is 77.4 Å². The number of carboxylic acid groups (broad SMARTS) is 1. The first kappa shape index (κ1) is 45.5. The summed E-state index contributed by atoms with van der Waals surface area (Å²) in [6.45, 7) is 4.33. The lowest BCUT2D eigenvalue weighted by molar-refractivity contribution is -0.334. The van der Waals surface area contributed by atoms with Crippen LogP contribution >= 0.6 is 0 Å². The summed E-state index contributed by atoms with van der Waals surface area (Å²) < 4.78 is 24.3. The Balaban J connectivity index is 1.21. The minimum atomic E-state index is -2.22. The number of aliphatic hydroxyl groups is 6. The van der Waals surface area contributed by atoms with Gasteiger partial charge in [-0.25, -0.2) is 4.79 Å². The summed E-state index contributed by atoms with van der Waals surface area (Å²) in [5.41, 5.74) is 0.0226. The van der Waals surface area contributed by atoms with E-state index in [1.54, 1.807) is 25.3 Å². The van der Waals surface area contributed by atoms with Crippen LogP contribution in [-0.2, 0) is 33.5 Å². The number of allylic oxidation sites excluding steroid dienone is 1. The van der Waals surface area contributed by atoms with E-state index in [0.717, 1.165) is 61.6 Å². The molecule has 0 radical (unpaired) electrons. The minimum absolute atomic E-state index is 0.00994. The molecule has 12 atom stereocenters. The molecule has 12 unspecified atom stereocenters. The van der Waals surface area contributed by atoms with Gasteiger partial charge in [-0.3, -0.25) is 0 Å². The van der Waals surface area contributed by atoms with E-state index in [-0.39, 0.29) is 54.6 Å². The Morgan fingerprint density at radius 1 is 1.00 bits per heavy atom. The molecule has 2 aromatic carbocycles. The maximum Gasteiger partial charge on any atom is 0.335 e. The van der Waals surface area contributed by atoms with E-state index in [9.17, 15) is 40.5 Å². The van der Waals surface area contributed by atoms with Gasteiger partial charge in [-0.2, -0.15) is 0 Å². The van der Waals surface area contributed by atoms with Crippen LogP contribution in [0.3, 0.4) is 0 Å². The molecule has 3 aliphatic carbocycles. The standard InChI is InChI=1S/C49H66O12/c1-3-9-32-17-19-37(27-34(32)10-7-24-58-2)60-46-49(57)30-38(39(51)11-8-25-59-40(12-6-23-50)43(61-46)42(52)44(49)53)35-18-20-41-47(21-4-5-22-47)36(29-48(41,56)28-35)26-31-13-15-33(16-14-31)45(54)55/h3,13-17,19,27,35-36,38-44,46,50-53,56-57H,1,4-7,9-12,18,20-24,26,28-30H2,2H3,(H,54,55). The number of hydrogen-bond acceptors (Lipinski definition) is 11. The summed E-state index contributed by atoms with van der Waals surface area (Å²) in [6.07, 6.45) is 6.16. The van der Waals surface area contributed by atoms with E-state index >= 15 is 0 Å². The van der Waals surface area contributed by atoms with Crippen molar-refractivity contribution in [2.24, 2.45) is 29.1 Å². The number of aromatic carboxylic acids is 1. The number of hydrogen-bond donors (Lipinski definition) is 7. The topological polar surface area (TPSA) is 196 Å². The van der Waals surface area contributed by atoms with Gasteiger partial charge in [-0.05, 0) is 154 Å². The third-order valence-electron chi connectivity index (χ3n) is 15.1. The third-order valence-corrected chi connectivity index (χ3v) is 15.1. The van der Waals surface area contributed by atoms with Crippen molar-refractivity contribution in [3.8, 4) is 17.8 Å². The zero-order chi connectivity index (χ0) is 43.4. The van der Waals surface area contributed by atoms with Crippen LogP contribution in [-0.4, -0.2) is 110 Å². The van der Waals surface area contributed by atoms with Gasteiger partial charge in [0.1, 0.15) is 36.3 Å². The first-order valence-electron chi connectivity index (χ1n) is 22.4. The Morgan fingerprint density at radius 3 is 2.48 bits per heavy atom. The Labute approximate surface area is 359 Å². The van der Waals surface area contributed by atoms with Crippen molar-refractivity contribution in [1.82, 2.24) is 0 Å². The second-order valence-electron chi connectivity index (χ2n) is 18.7. The summed E-state index contributed by atoms with van der Waals surface area (Å²) in [7, 11) is 1.66. The highest BCUT2D eigenvalue weighted by molar-refractivity contribution is 5.87. The molecular weight excluding hydrogens is 781 g/mol. The highest BCUT2D eigenvalue weighted by Gasteiger charge is 2.65. The zero-order valence-corrected chi connectivity index (χ0v) is 35.5. The average Bonchev–Trinajstić information content (AvgIpc) is 3.83. The summed E-state index contributed by atoms with van der Waals surface area (Å²) in [5, 5.41) is 80.8. The highest BCUT2D eigenvalue weighted by atomic mass is 16.7. The molecule has 7 N–H and O–H groups in total. The number of benzene rings is 2. The van der Waals surface area contributed by atoms with Gasteiger partial charge in [0.15, 0.2) is 5.60 Å². The number of carbonyl (C=O) groups is 1. The quantitative estimate of drug-likeness (QED) is 0.0713. The molecule has 334 valence electrons. The van der Waals surface area contributed by atoms with Crippen molar-refractivity contribution in [3.63, 3.8) is 0 Å². The summed E-state index contributed by atoms with van der Waals surface area (Å²) >= 11 is 0. The van der Waals surface area contributed by atoms with E-state index in [4.69, 9.17) is 18.9 Å². The van der Waals surface area contributed by atoms with Crippen molar-refractivity contribution in [2.75, 3.05) is 20.3 Å². The van der Waals surface area contributed by atoms with Gasteiger partial charge in [0.05, 0.1) is 17.3 Å². The van der Waals surface area contributed by atoms with Crippen LogP contribution < -0.4 is 4.74 Å². The lowest BCUT2D eigenvalue weighted by Gasteiger charge is -2.52. The number of fused-ring (bicyclic) bond motifs is 10. The monoisotopic (exact) mass is 846 g/mol. The van der Waals surface area contributed by atoms with E-state index in [1.807, 2.05) is 30.3 Å². The normalized spacial score (nSPS) is 35.6. The fourth-order valence-electron chi connectivity index (χ4n) is 12.2. The molecule has 3 heterocycles. The maximum absolute atomic E-state index is 12.9. The van der Waals surface area contributed by atoms with E-state index in [0.29, 0.717) is 50.9 Å². The van der Waals surface area contributed by atoms with Gasteiger partial charge in [0.25, 0.3) is 0 Å². The largest absolute Gasteiger partial charge is 0.478 e. The average molecular weight is 847 g/mol. The Bertz CT molecular complexity index is 1870. The highest BCUT2D eigenvalue weighted by Crippen LogP contribution is 2.67. The van der Waals surface area contributed by atoms with Gasteiger partial charge in [0, 0.05) is 26.7 Å². The molecule has 3 aliphatic heterocycles. The fraction of sp³-hybridized carbons (Fsp3) is 0.653. The molecule has 8 rings (SSSR count). The van der Waals surface area contributed by atoms with Gasteiger partial charge >= 0.3 is 5.97 Å². The molecule has 12 nitrogen and oxygen atoms in total. The second-order valence-corrected chi connectivity index (χ2v) is 18.7. The van der Waals surface area contributed by atoms with Crippen LogP contribution in [0.5, 0.6) is 5.75 Å². The number of rotatable bonds is 15. The Kier molecular flexibility index (Phi) is 14.5. The molecular formula is C49H66O12. The molecule has 4 fully saturated rings. The van der Waals surface area contributed by atoms with E-state index in [1.165, 1.54) is 0 Å². The van der Waals surface area contributed by atoms with Gasteiger partial charge in [-0.1, -0.05) is 43.0 Å². The molecule has 0 amide bonds. The first-order valence-corrected chi connectivity index (χ1v) is 22.4. The van der Waals surface area contributed by atoms with Crippen LogP contribution in [0.1, 0.15) is 111 Å². The number of methoxy groups -OCH3 is 1. The van der Waals surface area contributed by atoms with Gasteiger partial charge < -0.3 is 54.7 Å². The lowest BCUT2D eigenvalue weighted by Crippen LogP contribution is -2.70. The van der Waals surface area contributed by atoms with Crippen LogP contribution in [0.25, 0.3) is 0 Å². The molecule has 61 heavy (non-hydrogen) atoms. The van der Waals surface area contributed by atoms with Crippen molar-refractivity contribution < 1.29 is 59.5 Å². The van der Waals surface area contributed by atoms with Crippen LogP contribution in [0.15, 0.2) is 55.1 Å². The molecule has 1 saturated heterocycles. The lowest BCUT2D eigenvalue weighted by atomic mass is 9.59. The predicted octanol–water partition coefficient (Wildman–Crippen LogP) is 5.11. The number of carboxylic acids is 1. The van der Waals surface area contributed by atoms with Crippen molar-refractivity contribution in [2.45, 2.75) is 151 Å². The smallest absolute Gasteiger partial charge is 0.335 e. The zero-order valence-electron chi connectivity index (χ0n) is 35.5. The Hall–Kier alpha value is -3.51. The van der Waals surface area contributed by atoms with E-state index in [2.05, 4.69) is 18.6 Å². The van der Waals surface area contributed by atoms with Crippen molar-refractivity contribution in [1.29, 1.82) is 0 Å². The maximum atomic E-state index is 12.9. The SMILES string of the molecule is C=CCc1ccc(OC2OC3C(CCCO)OC#CCC(O)C(C4CCC5C(O)(C4)CC(Cc4ccc(C(=O)O)cc4)C54CCCC4)CC2(O)C(O)C3O)cc1CCCOC. The summed E-state index contributed by atoms with van der Waals surface area (Å²) in [6, 6.07) is 12.7. The number of aryl methyl sites for hydroxylation is 1. The molecule has 6 aliphatic rings. The molecule has 2 aromatic rings. The molecule has 0 aromatic heterocycles. The number of aliphatic hydroxyl groups excluding tert-OH is 4. The second kappa shape index (κ2) is 19.5.